The molecule has 0 aromatic carbocycles. The van der Waals surface area contributed by atoms with E-state index in [9.17, 15) is 4.79 Å². The Morgan fingerprint density at radius 2 is 2.18 bits per heavy atom. The van der Waals surface area contributed by atoms with E-state index in [2.05, 4.69) is 15.0 Å². The largest absolute Gasteiger partial charge is 0.361 e. The molecule has 3 rings (SSSR count). The van der Waals surface area contributed by atoms with Gasteiger partial charge in [0.1, 0.15) is 5.76 Å². The van der Waals surface area contributed by atoms with Gasteiger partial charge in [0.15, 0.2) is 5.69 Å². The summed E-state index contributed by atoms with van der Waals surface area (Å²) >= 11 is 0. The van der Waals surface area contributed by atoms with E-state index in [0.717, 1.165) is 38.3 Å². The molecule has 22 heavy (non-hydrogen) atoms. The summed E-state index contributed by atoms with van der Waals surface area (Å²) in [6.45, 7) is 5.89. The van der Waals surface area contributed by atoms with Gasteiger partial charge in [0, 0.05) is 45.0 Å². The molecule has 1 saturated heterocycles. The van der Waals surface area contributed by atoms with Gasteiger partial charge in [0.25, 0.3) is 5.91 Å². The maximum atomic E-state index is 12.4. The van der Waals surface area contributed by atoms with Gasteiger partial charge in [-0.3, -0.25) is 14.7 Å². The normalized spacial score (nSPS) is 16.5. The lowest BCUT2D eigenvalue weighted by atomic mass is 10.3. The lowest BCUT2D eigenvalue weighted by Gasteiger charge is -2.21. The topological polar surface area (TPSA) is 62.5 Å². The molecule has 0 atom stereocenters. The van der Waals surface area contributed by atoms with Crippen molar-refractivity contribution in [3.8, 4) is 0 Å². The molecule has 0 unspecified atom stereocenters. The number of carbonyl (C=O) groups excluding carboxylic acids is 1. The SMILES string of the molecule is Cc1cc(C(=O)N2CCCN(Cc3ccccn3)CC2)no1. The average Bonchev–Trinajstić information content (AvgIpc) is 2.83. The van der Waals surface area contributed by atoms with E-state index in [1.165, 1.54) is 0 Å². The summed E-state index contributed by atoms with van der Waals surface area (Å²) in [5.74, 6) is 0.617. The molecule has 2 aromatic rings. The second-order valence-corrected chi connectivity index (χ2v) is 5.57. The molecule has 0 saturated carbocycles. The molecule has 6 heteroatoms. The van der Waals surface area contributed by atoms with Crippen LogP contribution in [0.25, 0.3) is 0 Å². The quantitative estimate of drug-likeness (QED) is 0.864. The first kappa shape index (κ1) is 14.7. The van der Waals surface area contributed by atoms with Crippen molar-refractivity contribution in [3.63, 3.8) is 0 Å². The molecule has 3 heterocycles. The van der Waals surface area contributed by atoms with Crippen LogP contribution in [0.1, 0.15) is 28.4 Å². The minimum Gasteiger partial charge on any atom is -0.361 e. The summed E-state index contributed by atoms with van der Waals surface area (Å²) in [6.07, 6.45) is 2.77. The van der Waals surface area contributed by atoms with Crippen LogP contribution >= 0.6 is 0 Å². The van der Waals surface area contributed by atoms with Crippen molar-refractivity contribution in [2.45, 2.75) is 19.9 Å². The third kappa shape index (κ3) is 3.51. The fraction of sp³-hybridized carbons (Fsp3) is 0.438. The summed E-state index contributed by atoms with van der Waals surface area (Å²) < 4.78 is 4.99. The van der Waals surface area contributed by atoms with Gasteiger partial charge in [0.2, 0.25) is 0 Å². The molecule has 1 aliphatic rings. The maximum absolute atomic E-state index is 12.4. The van der Waals surface area contributed by atoms with E-state index in [4.69, 9.17) is 4.52 Å². The summed E-state index contributed by atoms with van der Waals surface area (Å²) in [6, 6.07) is 7.65. The highest BCUT2D eigenvalue weighted by molar-refractivity contribution is 5.92. The first-order valence-electron chi connectivity index (χ1n) is 7.57. The van der Waals surface area contributed by atoms with Crippen LogP contribution in [0.15, 0.2) is 35.0 Å². The highest BCUT2D eigenvalue weighted by Gasteiger charge is 2.22. The monoisotopic (exact) mass is 300 g/mol. The zero-order valence-corrected chi connectivity index (χ0v) is 12.7. The van der Waals surface area contributed by atoms with Gasteiger partial charge >= 0.3 is 0 Å². The molecular formula is C16H20N4O2. The number of nitrogens with zero attached hydrogens (tertiary/aromatic N) is 4. The van der Waals surface area contributed by atoms with E-state index in [-0.39, 0.29) is 5.91 Å². The number of carbonyl (C=O) groups is 1. The fourth-order valence-corrected chi connectivity index (χ4v) is 2.68. The van der Waals surface area contributed by atoms with E-state index in [0.29, 0.717) is 18.0 Å². The number of amides is 1. The van der Waals surface area contributed by atoms with E-state index in [1.54, 1.807) is 13.0 Å². The Kier molecular flexibility index (Phi) is 4.48. The van der Waals surface area contributed by atoms with Gasteiger partial charge in [-0.15, -0.1) is 0 Å². The third-order valence-corrected chi connectivity index (χ3v) is 3.83. The summed E-state index contributed by atoms with van der Waals surface area (Å²) in [7, 11) is 0. The molecule has 0 radical (unpaired) electrons. The van der Waals surface area contributed by atoms with Crippen molar-refractivity contribution >= 4 is 5.91 Å². The van der Waals surface area contributed by atoms with Gasteiger partial charge in [-0.2, -0.15) is 0 Å². The minimum atomic E-state index is -0.0449. The molecule has 2 aromatic heterocycles. The van der Waals surface area contributed by atoms with E-state index >= 15 is 0 Å². The Bertz CT molecular complexity index is 626. The lowest BCUT2D eigenvalue weighted by molar-refractivity contribution is 0.0750. The average molecular weight is 300 g/mol. The number of aryl methyl sites for hydroxylation is 1. The second-order valence-electron chi connectivity index (χ2n) is 5.57. The predicted octanol–water partition coefficient (Wildman–Crippen LogP) is 1.73. The van der Waals surface area contributed by atoms with Crippen LogP contribution in [0.4, 0.5) is 0 Å². The molecule has 0 N–H and O–H groups in total. The smallest absolute Gasteiger partial charge is 0.276 e. The van der Waals surface area contributed by atoms with Gasteiger partial charge < -0.3 is 9.42 Å². The maximum Gasteiger partial charge on any atom is 0.276 e. The highest BCUT2D eigenvalue weighted by atomic mass is 16.5. The zero-order valence-electron chi connectivity index (χ0n) is 12.7. The second kappa shape index (κ2) is 6.70. The van der Waals surface area contributed by atoms with Crippen molar-refractivity contribution < 1.29 is 9.32 Å². The van der Waals surface area contributed by atoms with Gasteiger partial charge in [-0.1, -0.05) is 11.2 Å². The van der Waals surface area contributed by atoms with Crippen LogP contribution in [-0.2, 0) is 6.54 Å². The Balaban J connectivity index is 1.59. The van der Waals surface area contributed by atoms with Crippen LogP contribution in [0.2, 0.25) is 0 Å². The molecule has 1 fully saturated rings. The highest BCUT2D eigenvalue weighted by Crippen LogP contribution is 2.11. The number of hydrogen-bond acceptors (Lipinski definition) is 5. The molecule has 116 valence electrons. The number of pyridine rings is 1. The van der Waals surface area contributed by atoms with Gasteiger partial charge in [0.05, 0.1) is 5.69 Å². The summed E-state index contributed by atoms with van der Waals surface area (Å²) in [5.41, 5.74) is 1.46. The first-order valence-corrected chi connectivity index (χ1v) is 7.57. The van der Waals surface area contributed by atoms with Gasteiger partial charge in [-0.05, 0) is 25.5 Å². The predicted molar refractivity (Wildman–Crippen MR) is 81.3 cm³/mol. The van der Waals surface area contributed by atoms with Crippen molar-refractivity contribution in [3.05, 3.63) is 47.6 Å². The van der Waals surface area contributed by atoms with Crippen LogP contribution in [0.3, 0.4) is 0 Å². The number of hydrogen-bond donors (Lipinski definition) is 0. The lowest BCUT2D eigenvalue weighted by Crippen LogP contribution is -2.35. The molecule has 0 spiro atoms. The third-order valence-electron chi connectivity index (χ3n) is 3.83. The molecule has 1 aliphatic heterocycles. The van der Waals surface area contributed by atoms with Crippen LogP contribution in [-0.4, -0.2) is 52.0 Å². The molecule has 1 amide bonds. The fourth-order valence-electron chi connectivity index (χ4n) is 2.68. The van der Waals surface area contributed by atoms with E-state index in [1.807, 2.05) is 29.3 Å². The van der Waals surface area contributed by atoms with Crippen molar-refractivity contribution in [1.82, 2.24) is 19.9 Å². The van der Waals surface area contributed by atoms with Crippen LogP contribution in [0.5, 0.6) is 0 Å². The van der Waals surface area contributed by atoms with E-state index < -0.39 is 0 Å². The molecule has 0 bridgehead atoms. The Morgan fingerprint density at radius 1 is 1.27 bits per heavy atom. The van der Waals surface area contributed by atoms with Crippen molar-refractivity contribution in [2.24, 2.45) is 0 Å². The van der Waals surface area contributed by atoms with Crippen LogP contribution in [0, 0.1) is 6.92 Å². The Hall–Kier alpha value is -2.21. The van der Waals surface area contributed by atoms with Crippen molar-refractivity contribution in [1.29, 1.82) is 0 Å². The van der Waals surface area contributed by atoms with Gasteiger partial charge in [-0.25, -0.2) is 0 Å². The first-order chi connectivity index (χ1) is 10.7. The number of rotatable bonds is 3. The summed E-state index contributed by atoms with van der Waals surface area (Å²) in [5, 5.41) is 3.82. The van der Waals surface area contributed by atoms with Crippen molar-refractivity contribution in [2.75, 3.05) is 26.2 Å². The minimum absolute atomic E-state index is 0.0449. The standard InChI is InChI=1S/C16H20N4O2/c1-13-11-15(18-22-13)16(21)20-8-4-7-19(9-10-20)12-14-5-2-3-6-17-14/h2-3,5-6,11H,4,7-10,12H2,1H3. The Labute approximate surface area is 129 Å². The summed E-state index contributed by atoms with van der Waals surface area (Å²) in [4.78, 5) is 21.0. The molecule has 6 nitrogen and oxygen atoms in total. The van der Waals surface area contributed by atoms with Crippen LogP contribution < -0.4 is 0 Å². The Morgan fingerprint density at radius 3 is 2.91 bits per heavy atom. The molecule has 0 aliphatic carbocycles. The molecular weight excluding hydrogens is 280 g/mol. The number of aromatic nitrogens is 2. The zero-order chi connectivity index (χ0) is 15.4.